The molecule has 1 amide bonds. The summed E-state index contributed by atoms with van der Waals surface area (Å²) in [7, 11) is 0.415. The van der Waals surface area contributed by atoms with E-state index in [2.05, 4.69) is 15.0 Å². The molecule has 2 aromatic heterocycles. The number of pyridine rings is 1. The van der Waals surface area contributed by atoms with Gasteiger partial charge in [-0.05, 0) is 45.7 Å². The number of rotatable bonds is 8. The summed E-state index contributed by atoms with van der Waals surface area (Å²) in [6.07, 6.45) is 3.99. The summed E-state index contributed by atoms with van der Waals surface area (Å²) in [5.41, 5.74) is 0.607. The number of likely N-dealkylation sites (tertiary alicyclic amines) is 1. The molecule has 2 aromatic rings. The molecule has 0 aromatic carbocycles. The van der Waals surface area contributed by atoms with Crippen molar-refractivity contribution < 1.29 is 28.0 Å². The van der Waals surface area contributed by atoms with Crippen LogP contribution in [0.2, 0.25) is 0 Å². The SMILES string of the molecule is COc1c(Oc2ccc(S(=O)C3CC3)nc2C)ncnc1OC1CCN(C(=O)OC(C)C)CC1. The number of carbonyl (C=O) groups excluding carboxylic acids is 1. The third kappa shape index (κ3) is 5.75. The van der Waals surface area contributed by atoms with E-state index in [0.717, 1.165) is 12.8 Å². The van der Waals surface area contributed by atoms with E-state index in [0.29, 0.717) is 42.4 Å². The van der Waals surface area contributed by atoms with Crippen molar-refractivity contribution in [2.75, 3.05) is 20.2 Å². The number of methoxy groups -OCH3 is 1. The molecule has 2 fully saturated rings. The van der Waals surface area contributed by atoms with Gasteiger partial charge in [0.05, 0.1) is 29.7 Å². The van der Waals surface area contributed by atoms with E-state index >= 15 is 0 Å². The van der Waals surface area contributed by atoms with Gasteiger partial charge in [0, 0.05) is 31.2 Å². The van der Waals surface area contributed by atoms with Gasteiger partial charge in [-0.2, -0.15) is 9.97 Å². The van der Waals surface area contributed by atoms with Crippen LogP contribution in [0.25, 0.3) is 0 Å². The number of nitrogens with zero attached hydrogens (tertiary/aromatic N) is 4. The summed E-state index contributed by atoms with van der Waals surface area (Å²) in [4.78, 5) is 26.7. The molecule has 34 heavy (non-hydrogen) atoms. The van der Waals surface area contributed by atoms with E-state index in [1.165, 1.54) is 13.4 Å². The largest absolute Gasteiger partial charge is 0.487 e. The minimum absolute atomic E-state index is 0.139. The highest BCUT2D eigenvalue weighted by molar-refractivity contribution is 7.85. The fourth-order valence-corrected chi connectivity index (χ4v) is 4.90. The van der Waals surface area contributed by atoms with Crippen molar-refractivity contribution in [1.29, 1.82) is 0 Å². The molecular formula is C23H30N4O6S. The number of aromatic nitrogens is 3. The summed E-state index contributed by atoms with van der Waals surface area (Å²) in [6.45, 7) is 6.52. The lowest BCUT2D eigenvalue weighted by Crippen LogP contribution is -2.42. The summed E-state index contributed by atoms with van der Waals surface area (Å²) in [5.74, 6) is 1.23. The van der Waals surface area contributed by atoms with Gasteiger partial charge >= 0.3 is 6.09 Å². The second-order valence-electron chi connectivity index (χ2n) is 8.59. The average Bonchev–Trinajstić information content (AvgIpc) is 3.66. The monoisotopic (exact) mass is 490 g/mol. The second kappa shape index (κ2) is 10.5. The molecule has 4 rings (SSSR count). The second-order valence-corrected chi connectivity index (χ2v) is 10.3. The van der Waals surface area contributed by atoms with Crippen LogP contribution >= 0.6 is 0 Å². The molecule has 1 atom stereocenters. The zero-order valence-corrected chi connectivity index (χ0v) is 20.7. The van der Waals surface area contributed by atoms with Crippen LogP contribution in [0, 0.1) is 6.92 Å². The maximum Gasteiger partial charge on any atom is 0.410 e. The molecule has 1 aliphatic heterocycles. The first kappa shape index (κ1) is 24.2. The van der Waals surface area contributed by atoms with Gasteiger partial charge in [-0.15, -0.1) is 0 Å². The van der Waals surface area contributed by atoms with Crippen molar-refractivity contribution >= 4 is 16.9 Å². The van der Waals surface area contributed by atoms with Crippen LogP contribution < -0.4 is 14.2 Å². The van der Waals surface area contributed by atoms with Crippen molar-refractivity contribution in [1.82, 2.24) is 19.9 Å². The van der Waals surface area contributed by atoms with Crippen LogP contribution in [0.15, 0.2) is 23.5 Å². The summed E-state index contributed by atoms with van der Waals surface area (Å²) < 4.78 is 35.2. The number of hydrogen-bond donors (Lipinski definition) is 0. The highest BCUT2D eigenvalue weighted by Crippen LogP contribution is 2.38. The van der Waals surface area contributed by atoms with E-state index in [1.54, 1.807) is 24.0 Å². The van der Waals surface area contributed by atoms with Crippen LogP contribution in [0.4, 0.5) is 4.79 Å². The molecule has 3 heterocycles. The zero-order chi connectivity index (χ0) is 24.2. The van der Waals surface area contributed by atoms with E-state index in [4.69, 9.17) is 18.9 Å². The fourth-order valence-electron chi connectivity index (χ4n) is 3.57. The summed E-state index contributed by atoms with van der Waals surface area (Å²) >= 11 is 0. The number of hydrogen-bond acceptors (Lipinski definition) is 9. The Labute approximate surface area is 201 Å². The first-order valence-electron chi connectivity index (χ1n) is 11.4. The topological polar surface area (TPSA) is 113 Å². The number of amides is 1. The highest BCUT2D eigenvalue weighted by atomic mass is 32.2. The minimum atomic E-state index is -1.08. The fraction of sp³-hybridized carbons (Fsp3) is 0.565. The molecule has 1 unspecified atom stereocenters. The quantitative estimate of drug-likeness (QED) is 0.547. The number of aryl methyl sites for hydroxylation is 1. The van der Waals surface area contributed by atoms with Crippen LogP contribution in [0.1, 0.15) is 45.2 Å². The van der Waals surface area contributed by atoms with Crippen molar-refractivity contribution in [3.05, 3.63) is 24.2 Å². The lowest BCUT2D eigenvalue weighted by molar-refractivity contribution is 0.0499. The Morgan fingerprint density at radius 3 is 2.44 bits per heavy atom. The van der Waals surface area contributed by atoms with Gasteiger partial charge in [0.1, 0.15) is 17.5 Å². The van der Waals surface area contributed by atoms with Gasteiger partial charge in [-0.25, -0.2) is 9.78 Å². The standard InChI is InChI=1S/C23H30N4O6S/c1-14(2)31-23(28)27-11-9-16(10-12-27)32-21-20(30-4)22(25-13-24-21)33-18-7-8-19(26-15(18)3)34(29)17-5-6-17/h7-8,13-14,16-17H,5-6,9-12H2,1-4H3. The van der Waals surface area contributed by atoms with E-state index in [-0.39, 0.29) is 41.1 Å². The average molecular weight is 491 g/mol. The van der Waals surface area contributed by atoms with Crippen molar-refractivity contribution in [3.63, 3.8) is 0 Å². The molecule has 0 radical (unpaired) electrons. The van der Waals surface area contributed by atoms with Crippen molar-refractivity contribution in [3.8, 4) is 23.3 Å². The Kier molecular flexibility index (Phi) is 7.50. The summed E-state index contributed by atoms with van der Waals surface area (Å²) in [6, 6.07) is 3.46. The van der Waals surface area contributed by atoms with E-state index in [1.807, 2.05) is 13.8 Å². The van der Waals surface area contributed by atoms with Gasteiger partial charge < -0.3 is 23.8 Å². The van der Waals surface area contributed by atoms with Crippen LogP contribution in [0.5, 0.6) is 23.3 Å². The summed E-state index contributed by atoms with van der Waals surface area (Å²) in [5, 5.41) is 0.780. The first-order valence-corrected chi connectivity index (χ1v) is 12.6. The smallest absolute Gasteiger partial charge is 0.410 e. The number of piperidine rings is 1. The lowest BCUT2D eigenvalue weighted by Gasteiger charge is -2.31. The first-order chi connectivity index (χ1) is 16.4. The van der Waals surface area contributed by atoms with Crippen LogP contribution in [0.3, 0.4) is 0 Å². The molecule has 1 aliphatic carbocycles. The predicted molar refractivity (Wildman–Crippen MR) is 124 cm³/mol. The van der Waals surface area contributed by atoms with Crippen molar-refractivity contribution in [2.45, 2.75) is 68.9 Å². The number of ether oxygens (including phenoxy) is 4. The maximum absolute atomic E-state index is 12.4. The maximum atomic E-state index is 12.4. The lowest BCUT2D eigenvalue weighted by atomic mass is 10.1. The van der Waals surface area contributed by atoms with Crippen molar-refractivity contribution in [2.24, 2.45) is 0 Å². The van der Waals surface area contributed by atoms with E-state index < -0.39 is 10.8 Å². The molecule has 0 bridgehead atoms. The molecule has 10 nitrogen and oxygen atoms in total. The Bertz CT molecular complexity index is 1050. The molecular weight excluding hydrogens is 460 g/mol. The molecule has 2 aliphatic rings. The van der Waals surface area contributed by atoms with Gasteiger partial charge in [-0.1, -0.05) is 0 Å². The Balaban J connectivity index is 1.42. The van der Waals surface area contributed by atoms with Gasteiger partial charge in [0.25, 0.3) is 11.8 Å². The normalized spacial score (nSPS) is 17.4. The Hall–Kier alpha value is -2.95. The number of carbonyl (C=O) groups is 1. The zero-order valence-electron chi connectivity index (χ0n) is 19.9. The Morgan fingerprint density at radius 2 is 1.82 bits per heavy atom. The molecule has 1 saturated carbocycles. The predicted octanol–water partition coefficient (Wildman–Crippen LogP) is 3.64. The highest BCUT2D eigenvalue weighted by Gasteiger charge is 2.31. The minimum Gasteiger partial charge on any atom is -0.487 e. The van der Waals surface area contributed by atoms with Crippen LogP contribution in [-0.4, -0.2) is 67.8 Å². The van der Waals surface area contributed by atoms with Crippen LogP contribution in [-0.2, 0) is 15.5 Å². The Morgan fingerprint density at radius 1 is 1.12 bits per heavy atom. The molecule has 0 N–H and O–H groups in total. The third-order valence-corrected chi connectivity index (χ3v) is 7.23. The molecule has 1 saturated heterocycles. The molecule has 0 spiro atoms. The third-order valence-electron chi connectivity index (χ3n) is 5.51. The van der Waals surface area contributed by atoms with Gasteiger partial charge in [0.15, 0.2) is 5.75 Å². The molecule has 184 valence electrons. The van der Waals surface area contributed by atoms with E-state index in [9.17, 15) is 9.00 Å². The van der Waals surface area contributed by atoms with Gasteiger partial charge in [0.2, 0.25) is 5.75 Å². The molecule has 11 heteroatoms. The van der Waals surface area contributed by atoms with Gasteiger partial charge in [-0.3, -0.25) is 4.21 Å².